The van der Waals surface area contributed by atoms with Crippen LogP contribution < -0.4 is 4.90 Å². The Labute approximate surface area is 140 Å². The van der Waals surface area contributed by atoms with E-state index in [4.69, 9.17) is 23.2 Å². The van der Waals surface area contributed by atoms with Gasteiger partial charge in [0.25, 0.3) is 0 Å². The van der Waals surface area contributed by atoms with E-state index in [1.54, 1.807) is 6.21 Å². The summed E-state index contributed by atoms with van der Waals surface area (Å²) in [6.07, 6.45) is 1.75. The van der Waals surface area contributed by atoms with Crippen LogP contribution in [0.2, 0.25) is 10.0 Å². The summed E-state index contributed by atoms with van der Waals surface area (Å²) in [6, 6.07) is 15.9. The number of hydrogen-bond acceptors (Lipinski definition) is 3. The maximum absolute atomic E-state index is 6.15. The second-order valence-electron chi connectivity index (χ2n) is 5.16. The summed E-state index contributed by atoms with van der Waals surface area (Å²) >= 11 is 12.3. The van der Waals surface area contributed by atoms with Gasteiger partial charge in [-0.25, -0.2) is 0 Å². The normalized spacial score (nSPS) is 15.5. The molecule has 1 fully saturated rings. The maximum atomic E-state index is 6.15. The van der Waals surface area contributed by atoms with Gasteiger partial charge in [-0.05, 0) is 24.3 Å². The van der Waals surface area contributed by atoms with E-state index in [0.29, 0.717) is 10.0 Å². The van der Waals surface area contributed by atoms with Gasteiger partial charge in [0.1, 0.15) is 0 Å². The number of hydrogen-bond donors (Lipinski definition) is 0. The van der Waals surface area contributed by atoms with Crippen molar-refractivity contribution in [2.45, 2.75) is 0 Å². The monoisotopic (exact) mass is 333 g/mol. The molecule has 1 heterocycles. The fourth-order valence-corrected chi connectivity index (χ4v) is 2.98. The van der Waals surface area contributed by atoms with E-state index < -0.39 is 0 Å². The van der Waals surface area contributed by atoms with Crippen molar-refractivity contribution in [2.24, 2.45) is 5.10 Å². The molecule has 3 nitrogen and oxygen atoms in total. The summed E-state index contributed by atoms with van der Waals surface area (Å²) in [6.45, 7) is 3.68. The van der Waals surface area contributed by atoms with Crippen LogP contribution in [0.15, 0.2) is 53.6 Å². The SMILES string of the molecule is Clc1cccc(Cl)c1/C=N/N1CCN(c2ccccc2)CC1. The molecule has 114 valence electrons. The lowest BCUT2D eigenvalue weighted by Crippen LogP contribution is -2.44. The van der Waals surface area contributed by atoms with Crippen molar-refractivity contribution >= 4 is 35.1 Å². The molecule has 0 amide bonds. The Morgan fingerprint density at radius 2 is 1.45 bits per heavy atom. The van der Waals surface area contributed by atoms with E-state index in [2.05, 4.69) is 39.3 Å². The summed E-state index contributed by atoms with van der Waals surface area (Å²) in [5.41, 5.74) is 2.04. The fraction of sp³-hybridized carbons (Fsp3) is 0.235. The number of piperazine rings is 1. The van der Waals surface area contributed by atoms with E-state index >= 15 is 0 Å². The summed E-state index contributed by atoms with van der Waals surface area (Å²) in [5.74, 6) is 0. The Balaban J connectivity index is 1.61. The number of anilines is 1. The van der Waals surface area contributed by atoms with Gasteiger partial charge in [0.05, 0.1) is 29.3 Å². The number of benzene rings is 2. The number of para-hydroxylation sites is 1. The Kier molecular flexibility index (Phi) is 4.86. The van der Waals surface area contributed by atoms with Crippen LogP contribution in [0.4, 0.5) is 5.69 Å². The van der Waals surface area contributed by atoms with Gasteiger partial charge < -0.3 is 4.90 Å². The zero-order chi connectivity index (χ0) is 15.4. The Hall–Kier alpha value is -1.71. The maximum Gasteiger partial charge on any atom is 0.0572 e. The number of halogens is 2. The third kappa shape index (κ3) is 3.54. The highest BCUT2D eigenvalue weighted by Gasteiger charge is 2.15. The first-order chi connectivity index (χ1) is 10.7. The van der Waals surface area contributed by atoms with Crippen molar-refractivity contribution < 1.29 is 0 Å². The van der Waals surface area contributed by atoms with Gasteiger partial charge in [0.2, 0.25) is 0 Å². The van der Waals surface area contributed by atoms with Gasteiger partial charge in [-0.2, -0.15) is 5.10 Å². The van der Waals surface area contributed by atoms with Gasteiger partial charge in [0, 0.05) is 24.3 Å². The molecule has 1 aliphatic rings. The van der Waals surface area contributed by atoms with E-state index in [1.807, 2.05) is 24.3 Å². The molecule has 5 heteroatoms. The summed E-state index contributed by atoms with van der Waals surface area (Å²) in [4.78, 5) is 2.37. The minimum absolute atomic E-state index is 0.624. The van der Waals surface area contributed by atoms with Crippen LogP contribution in [0.25, 0.3) is 0 Å². The van der Waals surface area contributed by atoms with Crippen molar-refractivity contribution in [3.05, 3.63) is 64.1 Å². The first kappa shape index (κ1) is 15.2. The van der Waals surface area contributed by atoms with Crippen molar-refractivity contribution in [2.75, 3.05) is 31.1 Å². The third-order valence-electron chi connectivity index (χ3n) is 3.73. The zero-order valence-electron chi connectivity index (χ0n) is 12.1. The van der Waals surface area contributed by atoms with E-state index in [1.165, 1.54) is 5.69 Å². The molecule has 2 aromatic rings. The Bertz CT molecular complexity index is 630. The molecule has 22 heavy (non-hydrogen) atoms. The number of rotatable bonds is 3. The Morgan fingerprint density at radius 1 is 0.818 bits per heavy atom. The highest BCUT2D eigenvalue weighted by molar-refractivity contribution is 6.38. The molecule has 0 spiro atoms. The predicted molar refractivity (Wildman–Crippen MR) is 94.3 cm³/mol. The molecule has 0 radical (unpaired) electrons. The van der Waals surface area contributed by atoms with Crippen LogP contribution in [-0.4, -0.2) is 37.4 Å². The molecule has 1 aliphatic heterocycles. The van der Waals surface area contributed by atoms with Gasteiger partial charge in [-0.3, -0.25) is 5.01 Å². The van der Waals surface area contributed by atoms with E-state index in [0.717, 1.165) is 31.7 Å². The van der Waals surface area contributed by atoms with Crippen molar-refractivity contribution in [3.63, 3.8) is 0 Å². The topological polar surface area (TPSA) is 18.8 Å². The smallest absolute Gasteiger partial charge is 0.0572 e. The molecular weight excluding hydrogens is 317 g/mol. The second kappa shape index (κ2) is 7.03. The van der Waals surface area contributed by atoms with Crippen LogP contribution >= 0.6 is 23.2 Å². The molecule has 0 bridgehead atoms. The molecule has 0 N–H and O–H groups in total. The number of hydrazone groups is 1. The quantitative estimate of drug-likeness (QED) is 0.786. The van der Waals surface area contributed by atoms with E-state index in [-0.39, 0.29) is 0 Å². The molecule has 3 rings (SSSR count). The molecule has 0 unspecified atom stereocenters. The second-order valence-corrected chi connectivity index (χ2v) is 5.97. The van der Waals surface area contributed by atoms with Crippen LogP contribution in [-0.2, 0) is 0 Å². The highest BCUT2D eigenvalue weighted by Crippen LogP contribution is 2.22. The summed E-state index contributed by atoms with van der Waals surface area (Å²) in [5, 5.41) is 7.82. The number of nitrogens with zero attached hydrogens (tertiary/aromatic N) is 3. The van der Waals surface area contributed by atoms with Crippen molar-refractivity contribution in [1.29, 1.82) is 0 Å². The minimum Gasteiger partial charge on any atom is -0.368 e. The molecule has 0 aromatic heterocycles. The van der Waals surface area contributed by atoms with Crippen LogP contribution in [0, 0.1) is 0 Å². The molecule has 1 saturated heterocycles. The lowest BCUT2D eigenvalue weighted by atomic mass is 10.2. The third-order valence-corrected chi connectivity index (χ3v) is 4.39. The summed E-state index contributed by atoms with van der Waals surface area (Å²) < 4.78 is 0. The van der Waals surface area contributed by atoms with Gasteiger partial charge in [-0.1, -0.05) is 47.5 Å². The molecule has 0 saturated carbocycles. The molecule has 0 aliphatic carbocycles. The van der Waals surface area contributed by atoms with Crippen LogP contribution in [0.1, 0.15) is 5.56 Å². The first-order valence-corrected chi connectivity index (χ1v) is 8.02. The molecule has 2 aromatic carbocycles. The molecule has 0 atom stereocenters. The lowest BCUT2D eigenvalue weighted by Gasteiger charge is -2.34. The summed E-state index contributed by atoms with van der Waals surface area (Å²) in [7, 11) is 0. The van der Waals surface area contributed by atoms with Crippen molar-refractivity contribution in [3.8, 4) is 0 Å². The lowest BCUT2D eigenvalue weighted by molar-refractivity contribution is 0.272. The Morgan fingerprint density at radius 3 is 2.09 bits per heavy atom. The van der Waals surface area contributed by atoms with Crippen LogP contribution in [0.5, 0.6) is 0 Å². The average Bonchev–Trinajstić information content (AvgIpc) is 2.56. The van der Waals surface area contributed by atoms with Gasteiger partial charge in [-0.15, -0.1) is 0 Å². The standard InChI is InChI=1S/C17H17Cl2N3/c18-16-7-4-8-17(19)15(16)13-20-22-11-9-21(10-12-22)14-5-2-1-3-6-14/h1-8,13H,9-12H2/b20-13+. The van der Waals surface area contributed by atoms with E-state index in [9.17, 15) is 0 Å². The minimum atomic E-state index is 0.624. The average molecular weight is 334 g/mol. The first-order valence-electron chi connectivity index (χ1n) is 7.27. The molecular formula is C17H17Cl2N3. The predicted octanol–water partition coefficient (Wildman–Crippen LogP) is 4.15. The zero-order valence-corrected chi connectivity index (χ0v) is 13.6. The fourth-order valence-electron chi connectivity index (χ4n) is 2.48. The van der Waals surface area contributed by atoms with Crippen molar-refractivity contribution in [1.82, 2.24) is 5.01 Å². The highest BCUT2D eigenvalue weighted by atomic mass is 35.5. The van der Waals surface area contributed by atoms with Gasteiger partial charge in [0.15, 0.2) is 0 Å². The van der Waals surface area contributed by atoms with Gasteiger partial charge >= 0.3 is 0 Å². The largest absolute Gasteiger partial charge is 0.368 e. The van der Waals surface area contributed by atoms with Crippen LogP contribution in [0.3, 0.4) is 0 Å².